The third-order valence-electron chi connectivity index (χ3n) is 4.73. The molecular weight excluding hydrogens is 479 g/mol. The van der Waals surface area contributed by atoms with Crippen LogP contribution < -0.4 is 20.5 Å². The number of ether oxygens (including phenoxy) is 2. The second-order valence-electron chi connectivity index (χ2n) is 6.89. The highest BCUT2D eigenvalue weighted by Gasteiger charge is 2.20. The predicted octanol–water partition coefficient (Wildman–Crippen LogP) is 4.63. The van der Waals surface area contributed by atoms with E-state index < -0.39 is 0 Å². The number of allylic oxidation sites excluding steroid dienone is 1. The molecule has 0 saturated heterocycles. The van der Waals surface area contributed by atoms with E-state index in [1.807, 2.05) is 0 Å². The fourth-order valence-corrected chi connectivity index (χ4v) is 3.75. The van der Waals surface area contributed by atoms with E-state index in [2.05, 4.69) is 36.9 Å². The van der Waals surface area contributed by atoms with Crippen LogP contribution in [0.2, 0.25) is 10.0 Å². The summed E-state index contributed by atoms with van der Waals surface area (Å²) < 4.78 is 12.4. The van der Waals surface area contributed by atoms with E-state index in [0.29, 0.717) is 52.3 Å². The van der Waals surface area contributed by atoms with E-state index in [1.165, 1.54) is 14.2 Å². The predicted molar refractivity (Wildman–Crippen MR) is 132 cm³/mol. The van der Waals surface area contributed by atoms with Crippen LogP contribution in [0.15, 0.2) is 49.4 Å². The van der Waals surface area contributed by atoms with Crippen LogP contribution in [0.4, 0.5) is 17.5 Å². The van der Waals surface area contributed by atoms with Crippen molar-refractivity contribution < 1.29 is 9.47 Å². The van der Waals surface area contributed by atoms with Gasteiger partial charge in [0.05, 0.1) is 43.8 Å². The van der Waals surface area contributed by atoms with Crippen molar-refractivity contribution >= 4 is 40.7 Å². The summed E-state index contributed by atoms with van der Waals surface area (Å²) in [5.74, 6) is 1.87. The zero-order chi connectivity index (χ0) is 24.2. The quantitative estimate of drug-likeness (QED) is 0.334. The highest BCUT2D eigenvalue weighted by atomic mass is 35.5. The lowest BCUT2D eigenvalue weighted by Crippen LogP contribution is -2.05. The maximum absolute atomic E-state index is 6.52. The molecule has 0 radical (unpaired) electrons. The van der Waals surface area contributed by atoms with Crippen molar-refractivity contribution in [3.8, 4) is 34.3 Å². The number of nitrogen functional groups attached to an aromatic ring is 1. The van der Waals surface area contributed by atoms with Crippen LogP contribution in [0.5, 0.6) is 11.5 Å². The third-order valence-corrected chi connectivity index (χ3v) is 5.48. The number of nitrogens with one attached hydrogen (secondary N) is 1. The molecule has 3 N–H and O–H groups in total. The Bertz CT molecular complexity index is 1330. The van der Waals surface area contributed by atoms with Crippen molar-refractivity contribution in [2.45, 2.75) is 6.54 Å². The van der Waals surface area contributed by atoms with Gasteiger partial charge in [0.25, 0.3) is 0 Å². The number of benzene rings is 1. The number of anilines is 3. The topological polar surface area (TPSA) is 126 Å². The summed E-state index contributed by atoms with van der Waals surface area (Å²) in [4.78, 5) is 17.6. The van der Waals surface area contributed by atoms with Gasteiger partial charge < -0.3 is 20.5 Å². The third kappa shape index (κ3) is 4.59. The van der Waals surface area contributed by atoms with Gasteiger partial charge in [-0.15, -0.1) is 6.58 Å². The van der Waals surface area contributed by atoms with Crippen molar-refractivity contribution in [1.29, 1.82) is 0 Å². The van der Waals surface area contributed by atoms with Gasteiger partial charge in [0.2, 0.25) is 5.95 Å². The van der Waals surface area contributed by atoms with Crippen LogP contribution in [0.3, 0.4) is 0 Å². The van der Waals surface area contributed by atoms with Crippen LogP contribution >= 0.6 is 23.2 Å². The number of hydrogen-bond donors (Lipinski definition) is 2. The summed E-state index contributed by atoms with van der Waals surface area (Å²) in [7, 11) is 2.99. The first-order chi connectivity index (χ1) is 16.4. The average molecular weight is 499 g/mol. The molecule has 1 aromatic carbocycles. The Morgan fingerprint density at radius 3 is 2.50 bits per heavy atom. The molecule has 12 heteroatoms. The van der Waals surface area contributed by atoms with Crippen molar-refractivity contribution in [3.05, 3.63) is 59.5 Å². The highest BCUT2D eigenvalue weighted by molar-refractivity contribution is 6.41. The minimum absolute atomic E-state index is 0.0467. The van der Waals surface area contributed by atoms with E-state index in [4.69, 9.17) is 38.4 Å². The van der Waals surface area contributed by atoms with E-state index in [9.17, 15) is 0 Å². The molecule has 0 fully saturated rings. The molecule has 34 heavy (non-hydrogen) atoms. The largest absolute Gasteiger partial charge is 0.495 e. The molecule has 0 bridgehead atoms. The first-order valence-corrected chi connectivity index (χ1v) is 10.7. The van der Waals surface area contributed by atoms with E-state index in [1.54, 1.807) is 47.5 Å². The maximum Gasteiger partial charge on any atom is 0.224 e. The van der Waals surface area contributed by atoms with Crippen molar-refractivity contribution in [2.24, 2.45) is 0 Å². The average Bonchev–Trinajstić information content (AvgIpc) is 3.31. The molecule has 0 atom stereocenters. The van der Waals surface area contributed by atoms with Gasteiger partial charge in [-0.3, -0.25) is 4.68 Å². The van der Waals surface area contributed by atoms with Crippen LogP contribution in [0.25, 0.3) is 22.8 Å². The summed E-state index contributed by atoms with van der Waals surface area (Å²) in [6, 6.07) is 5.13. The number of methoxy groups -OCH3 is 2. The van der Waals surface area contributed by atoms with Gasteiger partial charge in [0.15, 0.2) is 11.6 Å². The van der Waals surface area contributed by atoms with Gasteiger partial charge in [0, 0.05) is 18.5 Å². The second-order valence-corrected chi connectivity index (χ2v) is 7.65. The highest BCUT2D eigenvalue weighted by Crippen LogP contribution is 2.45. The lowest BCUT2D eigenvalue weighted by molar-refractivity contribution is 0.395. The normalized spacial score (nSPS) is 10.7. The number of nitrogens with two attached hydrogens (primary N) is 1. The number of hydrogen-bond acceptors (Lipinski definition) is 9. The minimum atomic E-state index is 0.0467. The van der Waals surface area contributed by atoms with E-state index >= 15 is 0 Å². The minimum Gasteiger partial charge on any atom is -0.495 e. The lowest BCUT2D eigenvalue weighted by atomic mass is 10.2. The van der Waals surface area contributed by atoms with E-state index in [0.717, 1.165) is 0 Å². The molecule has 174 valence electrons. The fourth-order valence-electron chi connectivity index (χ4n) is 3.15. The van der Waals surface area contributed by atoms with Crippen molar-refractivity contribution in [3.63, 3.8) is 0 Å². The molecule has 0 unspecified atom stereocenters. The smallest absolute Gasteiger partial charge is 0.224 e. The van der Waals surface area contributed by atoms with Crippen LogP contribution in [-0.2, 0) is 6.54 Å². The van der Waals surface area contributed by atoms with Crippen LogP contribution in [0, 0.1) is 0 Å². The fraction of sp³-hybridized carbons (Fsp3) is 0.136. The van der Waals surface area contributed by atoms with Gasteiger partial charge in [-0.2, -0.15) is 15.1 Å². The van der Waals surface area contributed by atoms with Crippen LogP contribution in [-0.4, -0.2) is 43.9 Å². The molecule has 0 aliphatic rings. The Morgan fingerprint density at radius 1 is 1.12 bits per heavy atom. The Hall–Kier alpha value is -3.89. The SMILES string of the molecule is C=CCn1cc(-c2nc(N)nc(-c3cccnc3Nc3c(Cl)c(OC)cc(OC)c3Cl)n2)cn1. The number of nitrogens with zero attached hydrogens (tertiary/aromatic N) is 6. The molecule has 3 aromatic heterocycles. The first kappa shape index (κ1) is 23.3. The molecule has 0 saturated carbocycles. The summed E-state index contributed by atoms with van der Waals surface area (Å²) in [6.07, 6.45) is 6.79. The van der Waals surface area contributed by atoms with Crippen LogP contribution in [0.1, 0.15) is 0 Å². The second kappa shape index (κ2) is 9.94. The molecule has 4 aromatic rings. The van der Waals surface area contributed by atoms with Gasteiger partial charge in [-0.25, -0.2) is 9.97 Å². The van der Waals surface area contributed by atoms with Crippen molar-refractivity contribution in [2.75, 3.05) is 25.3 Å². The molecule has 0 spiro atoms. The van der Waals surface area contributed by atoms with Gasteiger partial charge in [-0.05, 0) is 12.1 Å². The van der Waals surface area contributed by atoms with Gasteiger partial charge in [0.1, 0.15) is 27.4 Å². The molecule has 3 heterocycles. The maximum atomic E-state index is 6.52. The summed E-state index contributed by atoms with van der Waals surface area (Å²) >= 11 is 13.0. The Morgan fingerprint density at radius 2 is 1.82 bits per heavy atom. The standard InChI is InChI=1S/C22H20Cl2N8O2/c1-4-8-32-11-12(10-27-32)19-29-21(31-22(25)30-19)13-6-5-7-26-20(13)28-18-16(23)14(33-2)9-15(34-3)17(18)24/h4-7,9-11H,1,8H2,2-3H3,(H,26,28)(H2,25,29,30,31). The summed E-state index contributed by atoms with van der Waals surface area (Å²) in [6.45, 7) is 4.26. The molecule has 0 aliphatic heterocycles. The zero-order valence-electron chi connectivity index (χ0n) is 18.3. The Kier molecular flexibility index (Phi) is 6.80. The molecule has 10 nitrogen and oxygen atoms in total. The number of rotatable bonds is 8. The van der Waals surface area contributed by atoms with E-state index in [-0.39, 0.29) is 16.0 Å². The number of pyridine rings is 1. The summed E-state index contributed by atoms with van der Waals surface area (Å²) in [5, 5.41) is 7.94. The molecule has 0 amide bonds. The zero-order valence-corrected chi connectivity index (χ0v) is 19.8. The van der Waals surface area contributed by atoms with Gasteiger partial charge >= 0.3 is 0 Å². The molecular formula is C22H20Cl2N8O2. The first-order valence-electron chi connectivity index (χ1n) is 9.92. The number of halogens is 2. The Labute approximate surface area is 205 Å². The Balaban J connectivity index is 1.79. The van der Waals surface area contributed by atoms with Crippen molar-refractivity contribution in [1.82, 2.24) is 29.7 Å². The number of aromatic nitrogens is 6. The molecule has 4 rings (SSSR count). The molecule has 0 aliphatic carbocycles. The lowest BCUT2D eigenvalue weighted by Gasteiger charge is -2.17. The monoisotopic (exact) mass is 498 g/mol. The van der Waals surface area contributed by atoms with Gasteiger partial charge in [-0.1, -0.05) is 29.3 Å². The summed E-state index contributed by atoms with van der Waals surface area (Å²) in [5.41, 5.74) is 7.58.